The predicted molar refractivity (Wildman–Crippen MR) is 363 cm³/mol. The van der Waals surface area contributed by atoms with Gasteiger partial charge in [0.15, 0.2) is 12.2 Å². The Balaban J connectivity index is 5.25. The third-order valence-corrected chi connectivity index (χ3v) is 18.9. The lowest BCUT2D eigenvalue weighted by Gasteiger charge is -2.21. The van der Waals surface area contributed by atoms with Gasteiger partial charge in [-0.1, -0.05) is 299 Å². The molecule has 0 saturated carbocycles. The summed E-state index contributed by atoms with van der Waals surface area (Å²) in [6.45, 7) is 14.1. The first kappa shape index (κ1) is 88.1. The van der Waals surface area contributed by atoms with Crippen LogP contribution < -0.4 is 0 Å². The molecule has 0 saturated heterocycles. The van der Waals surface area contributed by atoms with Crippen molar-refractivity contribution in [2.75, 3.05) is 39.6 Å². The predicted octanol–water partition coefficient (Wildman–Crippen LogP) is 20.1. The van der Waals surface area contributed by atoms with E-state index < -0.39 is 97.5 Å². The van der Waals surface area contributed by atoms with Crippen LogP contribution in [0, 0.1) is 23.7 Å². The van der Waals surface area contributed by atoms with Crippen molar-refractivity contribution < 1.29 is 80.2 Å². The summed E-state index contributed by atoms with van der Waals surface area (Å²) in [5.74, 6) is 0.891. The van der Waals surface area contributed by atoms with Crippen LogP contribution in [0.1, 0.15) is 351 Å². The van der Waals surface area contributed by atoms with Crippen molar-refractivity contribution in [1.82, 2.24) is 0 Å². The lowest BCUT2D eigenvalue weighted by molar-refractivity contribution is -0.161. The molecule has 0 amide bonds. The Morgan fingerprint density at radius 3 is 0.789 bits per heavy atom. The molecule has 534 valence electrons. The summed E-state index contributed by atoms with van der Waals surface area (Å²) in [7, 11) is -9.90. The monoisotopic (exact) mass is 1320 g/mol. The van der Waals surface area contributed by atoms with Gasteiger partial charge in [-0.3, -0.25) is 37.3 Å². The molecule has 19 heteroatoms. The van der Waals surface area contributed by atoms with Gasteiger partial charge in [0.1, 0.15) is 19.3 Å². The van der Waals surface area contributed by atoms with Crippen LogP contribution in [0.25, 0.3) is 0 Å². The van der Waals surface area contributed by atoms with Crippen LogP contribution >= 0.6 is 15.6 Å². The second kappa shape index (κ2) is 60.7. The van der Waals surface area contributed by atoms with Crippen molar-refractivity contribution in [3.05, 3.63) is 0 Å². The molecule has 0 bridgehead atoms. The zero-order chi connectivity index (χ0) is 66.8. The van der Waals surface area contributed by atoms with E-state index in [0.29, 0.717) is 25.7 Å². The fraction of sp³-hybridized carbons (Fsp3) is 0.944. The number of hydrogen-bond donors (Lipinski definition) is 3. The van der Waals surface area contributed by atoms with E-state index in [9.17, 15) is 43.2 Å². The van der Waals surface area contributed by atoms with Gasteiger partial charge in [-0.2, -0.15) is 0 Å². The van der Waals surface area contributed by atoms with E-state index >= 15 is 0 Å². The lowest BCUT2D eigenvalue weighted by atomic mass is 9.99. The molecule has 90 heavy (non-hydrogen) atoms. The largest absolute Gasteiger partial charge is 0.472 e. The minimum absolute atomic E-state index is 0.104. The Hall–Kier alpha value is -1.94. The Kier molecular flexibility index (Phi) is 59.4. The summed E-state index contributed by atoms with van der Waals surface area (Å²) >= 11 is 0. The molecule has 0 heterocycles. The molecule has 0 aliphatic carbocycles. The summed E-state index contributed by atoms with van der Waals surface area (Å²) < 4.78 is 68.3. The molecule has 0 spiro atoms. The summed E-state index contributed by atoms with van der Waals surface area (Å²) in [4.78, 5) is 72.6. The Morgan fingerprint density at radius 2 is 0.533 bits per heavy atom. The number of aliphatic hydroxyl groups excluding tert-OH is 1. The topological polar surface area (TPSA) is 237 Å². The van der Waals surface area contributed by atoms with Gasteiger partial charge in [-0.25, -0.2) is 9.13 Å². The number of aliphatic hydroxyl groups is 1. The molecule has 0 aromatic carbocycles. The van der Waals surface area contributed by atoms with Gasteiger partial charge in [0.25, 0.3) is 0 Å². The van der Waals surface area contributed by atoms with E-state index in [0.717, 1.165) is 120 Å². The van der Waals surface area contributed by atoms with Gasteiger partial charge in [-0.05, 0) is 49.4 Å². The van der Waals surface area contributed by atoms with Crippen molar-refractivity contribution >= 4 is 39.5 Å². The number of phosphoric acid groups is 2. The van der Waals surface area contributed by atoms with E-state index in [1.54, 1.807) is 0 Å². The molecular weight excluding hydrogens is 1190 g/mol. The van der Waals surface area contributed by atoms with Gasteiger partial charge in [0.05, 0.1) is 26.4 Å². The van der Waals surface area contributed by atoms with Crippen LogP contribution in [0.2, 0.25) is 0 Å². The van der Waals surface area contributed by atoms with Crippen molar-refractivity contribution in [1.29, 1.82) is 0 Å². The van der Waals surface area contributed by atoms with Crippen LogP contribution in [0.5, 0.6) is 0 Å². The minimum Gasteiger partial charge on any atom is -0.462 e. The fourth-order valence-corrected chi connectivity index (χ4v) is 12.2. The highest BCUT2D eigenvalue weighted by atomic mass is 31.2. The third-order valence-electron chi connectivity index (χ3n) is 17.0. The standard InChI is InChI=1S/C71H138O17P2/c1-9-63(7)49-41-33-25-20-22-28-38-46-54-71(76)88-66(57-81-68(73)51-43-35-26-21-19-24-32-40-48-62(5)6)59-85-89(77,78)83-55-65(72)56-84-90(79,80)86-60-67(58-82-69(74)52-44-36-30-29-34-42-50-64(8)10-2)87-70(75)53-45-37-27-18-16-14-12-11-13-15-17-23-31-39-47-61(3)4/h61-67,72H,9-60H2,1-8H3,(H,77,78)(H,79,80)/t63?,64?,65-,66-,67-/m1/s1. The van der Waals surface area contributed by atoms with Crippen molar-refractivity contribution in [2.45, 2.75) is 369 Å². The molecule has 0 radical (unpaired) electrons. The van der Waals surface area contributed by atoms with Crippen LogP contribution in [-0.4, -0.2) is 96.7 Å². The fourth-order valence-electron chi connectivity index (χ4n) is 10.6. The van der Waals surface area contributed by atoms with E-state index in [2.05, 4.69) is 55.4 Å². The number of carbonyl (C=O) groups excluding carboxylic acids is 4. The van der Waals surface area contributed by atoms with E-state index in [4.69, 9.17) is 37.0 Å². The second-order valence-electron chi connectivity index (χ2n) is 27.1. The first-order valence-corrected chi connectivity index (χ1v) is 39.8. The summed E-state index contributed by atoms with van der Waals surface area (Å²) in [5.41, 5.74) is 0. The molecular formula is C71H138O17P2. The van der Waals surface area contributed by atoms with Crippen molar-refractivity contribution in [2.24, 2.45) is 23.7 Å². The first-order chi connectivity index (χ1) is 43.2. The van der Waals surface area contributed by atoms with Crippen LogP contribution in [0.15, 0.2) is 0 Å². The van der Waals surface area contributed by atoms with Crippen molar-refractivity contribution in [3.63, 3.8) is 0 Å². The molecule has 0 aromatic heterocycles. The highest BCUT2D eigenvalue weighted by Gasteiger charge is 2.30. The normalized spacial score (nSPS) is 14.9. The number of phosphoric ester groups is 2. The van der Waals surface area contributed by atoms with E-state index in [1.807, 2.05) is 0 Å². The van der Waals surface area contributed by atoms with Crippen molar-refractivity contribution in [3.8, 4) is 0 Å². The molecule has 0 aliphatic rings. The smallest absolute Gasteiger partial charge is 0.462 e. The first-order valence-electron chi connectivity index (χ1n) is 36.8. The second-order valence-corrected chi connectivity index (χ2v) is 30.0. The number of unbranched alkanes of at least 4 members (excludes halogenated alkanes) is 32. The Labute approximate surface area is 549 Å². The van der Waals surface area contributed by atoms with Crippen LogP contribution in [0.4, 0.5) is 0 Å². The summed E-state index contributed by atoms with van der Waals surface area (Å²) in [5, 5.41) is 10.6. The zero-order valence-corrected chi connectivity index (χ0v) is 60.6. The third kappa shape index (κ3) is 62.2. The Morgan fingerprint density at radius 1 is 0.311 bits per heavy atom. The molecule has 0 fully saturated rings. The average Bonchev–Trinajstić information content (AvgIpc) is 3.58. The number of esters is 4. The molecule has 0 aliphatic heterocycles. The van der Waals surface area contributed by atoms with Crippen LogP contribution in [0.3, 0.4) is 0 Å². The Bertz CT molecular complexity index is 1790. The number of ether oxygens (including phenoxy) is 4. The molecule has 17 nitrogen and oxygen atoms in total. The van der Waals surface area contributed by atoms with Gasteiger partial charge >= 0.3 is 39.5 Å². The van der Waals surface area contributed by atoms with E-state index in [-0.39, 0.29) is 25.7 Å². The van der Waals surface area contributed by atoms with Gasteiger partial charge in [0, 0.05) is 25.7 Å². The molecule has 0 rings (SSSR count). The lowest BCUT2D eigenvalue weighted by Crippen LogP contribution is -2.30. The maximum Gasteiger partial charge on any atom is 0.472 e. The molecule has 3 N–H and O–H groups in total. The molecule has 0 aromatic rings. The number of rotatable bonds is 68. The SMILES string of the molecule is CCC(C)CCCCCCCCCCC(=O)O[C@H](COC(=O)CCCCCCCCCCC(C)C)COP(=O)(O)OC[C@@H](O)COP(=O)(O)OC[C@@H](COC(=O)CCCCCCCCC(C)CC)OC(=O)CCCCCCCCCCCCCCCCC(C)C. The zero-order valence-electron chi connectivity index (χ0n) is 58.8. The van der Waals surface area contributed by atoms with Gasteiger partial charge in [0.2, 0.25) is 0 Å². The maximum absolute atomic E-state index is 13.0. The molecule has 4 unspecified atom stereocenters. The quantitative estimate of drug-likeness (QED) is 0.0222. The van der Waals surface area contributed by atoms with Gasteiger partial charge < -0.3 is 33.8 Å². The number of carbonyl (C=O) groups is 4. The highest BCUT2D eigenvalue weighted by molar-refractivity contribution is 7.47. The minimum atomic E-state index is -4.95. The highest BCUT2D eigenvalue weighted by Crippen LogP contribution is 2.45. The van der Waals surface area contributed by atoms with Gasteiger partial charge in [-0.15, -0.1) is 0 Å². The van der Waals surface area contributed by atoms with E-state index in [1.165, 1.54) is 148 Å². The van der Waals surface area contributed by atoms with Crippen LogP contribution in [-0.2, 0) is 65.4 Å². The molecule has 7 atom stereocenters. The maximum atomic E-state index is 13.0. The number of hydrogen-bond acceptors (Lipinski definition) is 15. The average molecular weight is 1330 g/mol. The summed E-state index contributed by atoms with van der Waals surface area (Å²) in [6, 6.07) is 0. The summed E-state index contributed by atoms with van der Waals surface area (Å²) in [6.07, 6.45) is 43.1.